The van der Waals surface area contributed by atoms with Gasteiger partial charge in [-0.3, -0.25) is 4.79 Å². The van der Waals surface area contributed by atoms with Crippen molar-refractivity contribution >= 4 is 21.8 Å². The van der Waals surface area contributed by atoms with Crippen LogP contribution in [0.15, 0.2) is 28.7 Å². The summed E-state index contributed by atoms with van der Waals surface area (Å²) in [6.07, 6.45) is 1.98. The Bertz CT molecular complexity index is 448. The number of rotatable bonds is 6. The van der Waals surface area contributed by atoms with Crippen LogP contribution in [0, 0.1) is 5.92 Å². The lowest BCUT2D eigenvalue weighted by molar-refractivity contribution is -0.122. The molecule has 0 heterocycles. The minimum atomic E-state index is 0.165. The number of nitrogens with zero attached hydrogens (tertiary/aromatic N) is 1. The highest BCUT2D eigenvalue weighted by atomic mass is 79.9. The molecule has 1 aromatic carbocycles. The molecule has 1 aliphatic rings. The SMILES string of the molecule is CN(C)CCCNC(=O)[C@H]1C[C@H]1c1ccccc1Br. The Balaban J connectivity index is 1.76. The summed E-state index contributed by atoms with van der Waals surface area (Å²) in [5, 5.41) is 3.04. The van der Waals surface area contributed by atoms with Gasteiger partial charge in [0.1, 0.15) is 0 Å². The number of amides is 1. The van der Waals surface area contributed by atoms with E-state index in [0.717, 1.165) is 30.4 Å². The highest BCUT2D eigenvalue weighted by molar-refractivity contribution is 9.10. The van der Waals surface area contributed by atoms with Crippen LogP contribution in [0.2, 0.25) is 0 Å². The second-order valence-electron chi connectivity index (χ2n) is 5.42. The third-order valence-corrected chi connectivity index (χ3v) is 4.24. The molecule has 19 heavy (non-hydrogen) atoms. The molecule has 0 spiro atoms. The van der Waals surface area contributed by atoms with Gasteiger partial charge < -0.3 is 10.2 Å². The Morgan fingerprint density at radius 1 is 1.42 bits per heavy atom. The van der Waals surface area contributed by atoms with E-state index in [0.29, 0.717) is 5.92 Å². The Hall–Kier alpha value is -0.870. The topological polar surface area (TPSA) is 32.3 Å². The predicted molar refractivity (Wildman–Crippen MR) is 81.2 cm³/mol. The zero-order valence-electron chi connectivity index (χ0n) is 11.5. The maximum atomic E-state index is 12.0. The van der Waals surface area contributed by atoms with E-state index in [1.807, 2.05) is 32.3 Å². The van der Waals surface area contributed by atoms with Crippen LogP contribution in [0.1, 0.15) is 24.3 Å². The summed E-state index contributed by atoms with van der Waals surface area (Å²) >= 11 is 3.56. The summed E-state index contributed by atoms with van der Waals surface area (Å²) in [5.41, 5.74) is 1.26. The summed E-state index contributed by atoms with van der Waals surface area (Å²) in [6, 6.07) is 8.19. The standard InChI is InChI=1S/C15H21BrN2O/c1-18(2)9-5-8-17-15(19)13-10-12(13)11-6-3-4-7-14(11)16/h3-4,6-7,12-13H,5,8-10H2,1-2H3,(H,17,19)/t12-,13-/m0/s1. The Morgan fingerprint density at radius 3 is 2.84 bits per heavy atom. The number of hydrogen-bond donors (Lipinski definition) is 1. The van der Waals surface area contributed by atoms with Gasteiger partial charge in [-0.1, -0.05) is 34.1 Å². The van der Waals surface area contributed by atoms with Gasteiger partial charge in [0.2, 0.25) is 5.91 Å². The van der Waals surface area contributed by atoms with Crippen LogP contribution in [0.25, 0.3) is 0 Å². The van der Waals surface area contributed by atoms with Gasteiger partial charge in [-0.15, -0.1) is 0 Å². The Kier molecular flexibility index (Phi) is 4.99. The first-order chi connectivity index (χ1) is 9.09. The first-order valence-corrected chi connectivity index (χ1v) is 7.55. The first kappa shape index (κ1) is 14.5. The lowest BCUT2D eigenvalue weighted by atomic mass is 10.1. The molecule has 1 saturated carbocycles. The van der Waals surface area contributed by atoms with Crippen molar-refractivity contribution in [2.75, 3.05) is 27.2 Å². The number of halogens is 1. The minimum Gasteiger partial charge on any atom is -0.356 e. The van der Waals surface area contributed by atoms with Gasteiger partial charge in [-0.25, -0.2) is 0 Å². The average molecular weight is 325 g/mol. The molecule has 0 aromatic heterocycles. The third-order valence-electron chi connectivity index (χ3n) is 3.51. The van der Waals surface area contributed by atoms with Crippen LogP contribution < -0.4 is 5.32 Å². The molecular formula is C15H21BrN2O. The van der Waals surface area contributed by atoms with E-state index in [9.17, 15) is 4.79 Å². The van der Waals surface area contributed by atoms with E-state index in [1.54, 1.807) is 0 Å². The molecule has 0 aliphatic heterocycles. The monoisotopic (exact) mass is 324 g/mol. The molecule has 0 radical (unpaired) electrons. The van der Waals surface area contributed by atoms with Gasteiger partial charge in [-0.05, 0) is 51.0 Å². The molecule has 2 atom stereocenters. The Morgan fingerprint density at radius 2 is 2.16 bits per heavy atom. The van der Waals surface area contributed by atoms with Crippen molar-refractivity contribution in [1.82, 2.24) is 10.2 Å². The van der Waals surface area contributed by atoms with E-state index in [1.165, 1.54) is 5.56 Å². The Labute approximate surface area is 123 Å². The van der Waals surface area contributed by atoms with Crippen LogP contribution in [0.3, 0.4) is 0 Å². The van der Waals surface area contributed by atoms with Crippen molar-refractivity contribution in [2.45, 2.75) is 18.8 Å². The maximum Gasteiger partial charge on any atom is 0.223 e. The van der Waals surface area contributed by atoms with Gasteiger partial charge in [-0.2, -0.15) is 0 Å². The quantitative estimate of drug-likeness (QED) is 0.816. The fourth-order valence-corrected chi connectivity index (χ4v) is 2.92. The van der Waals surface area contributed by atoms with Gasteiger partial charge >= 0.3 is 0 Å². The van der Waals surface area contributed by atoms with E-state index >= 15 is 0 Å². The summed E-state index contributed by atoms with van der Waals surface area (Å²) < 4.78 is 1.11. The lowest BCUT2D eigenvalue weighted by Crippen LogP contribution is -2.28. The van der Waals surface area contributed by atoms with Crippen LogP contribution in [0.4, 0.5) is 0 Å². The van der Waals surface area contributed by atoms with Crippen LogP contribution in [-0.4, -0.2) is 38.0 Å². The summed E-state index contributed by atoms with van der Waals surface area (Å²) in [6.45, 7) is 1.79. The molecule has 1 N–H and O–H groups in total. The predicted octanol–water partition coefficient (Wildman–Crippen LogP) is 2.62. The summed E-state index contributed by atoms with van der Waals surface area (Å²) in [4.78, 5) is 14.1. The van der Waals surface area contributed by atoms with Crippen LogP contribution in [0.5, 0.6) is 0 Å². The van der Waals surface area contributed by atoms with Crippen molar-refractivity contribution in [2.24, 2.45) is 5.92 Å². The van der Waals surface area contributed by atoms with Crippen molar-refractivity contribution < 1.29 is 4.79 Å². The molecule has 104 valence electrons. The van der Waals surface area contributed by atoms with Crippen molar-refractivity contribution in [3.63, 3.8) is 0 Å². The fourth-order valence-electron chi connectivity index (χ4n) is 2.34. The number of carbonyl (C=O) groups is 1. The molecule has 4 heteroatoms. The highest BCUT2D eigenvalue weighted by Crippen LogP contribution is 2.49. The molecule has 0 saturated heterocycles. The van der Waals surface area contributed by atoms with E-state index in [4.69, 9.17) is 0 Å². The number of carbonyl (C=O) groups excluding carboxylic acids is 1. The zero-order valence-corrected chi connectivity index (χ0v) is 13.1. The molecule has 0 bridgehead atoms. The van der Waals surface area contributed by atoms with Gasteiger partial charge in [0, 0.05) is 16.9 Å². The van der Waals surface area contributed by atoms with Gasteiger partial charge in [0.05, 0.1) is 0 Å². The minimum absolute atomic E-state index is 0.165. The van der Waals surface area contributed by atoms with Crippen molar-refractivity contribution in [3.8, 4) is 0 Å². The van der Waals surface area contributed by atoms with Crippen molar-refractivity contribution in [3.05, 3.63) is 34.3 Å². The number of benzene rings is 1. The molecular weight excluding hydrogens is 304 g/mol. The van der Waals surface area contributed by atoms with Crippen molar-refractivity contribution in [1.29, 1.82) is 0 Å². The summed E-state index contributed by atoms with van der Waals surface area (Å²) in [5.74, 6) is 0.766. The number of nitrogens with one attached hydrogen (secondary N) is 1. The average Bonchev–Trinajstić information content (AvgIpc) is 3.15. The van der Waals surface area contributed by atoms with Crippen LogP contribution >= 0.6 is 15.9 Å². The fraction of sp³-hybridized carbons (Fsp3) is 0.533. The molecule has 1 amide bonds. The third kappa shape index (κ3) is 4.05. The maximum absolute atomic E-state index is 12.0. The van der Waals surface area contributed by atoms with Crippen LogP contribution in [-0.2, 0) is 4.79 Å². The molecule has 1 fully saturated rings. The molecule has 1 aliphatic carbocycles. The second-order valence-corrected chi connectivity index (χ2v) is 6.27. The molecule has 3 nitrogen and oxygen atoms in total. The molecule has 1 aromatic rings. The van der Waals surface area contributed by atoms with E-state index < -0.39 is 0 Å². The second kappa shape index (κ2) is 6.53. The largest absolute Gasteiger partial charge is 0.356 e. The smallest absolute Gasteiger partial charge is 0.223 e. The zero-order chi connectivity index (χ0) is 13.8. The normalized spacial score (nSPS) is 21.5. The van der Waals surface area contributed by atoms with E-state index in [-0.39, 0.29) is 11.8 Å². The highest BCUT2D eigenvalue weighted by Gasteiger charge is 2.44. The summed E-state index contributed by atoms with van der Waals surface area (Å²) in [7, 11) is 4.09. The first-order valence-electron chi connectivity index (χ1n) is 6.76. The lowest BCUT2D eigenvalue weighted by Gasteiger charge is -2.10. The van der Waals surface area contributed by atoms with Gasteiger partial charge in [0.15, 0.2) is 0 Å². The number of hydrogen-bond acceptors (Lipinski definition) is 2. The van der Waals surface area contributed by atoms with E-state index in [2.05, 4.69) is 32.2 Å². The molecule has 2 rings (SSSR count). The van der Waals surface area contributed by atoms with Gasteiger partial charge in [0.25, 0.3) is 0 Å². The molecule has 0 unspecified atom stereocenters.